The van der Waals surface area contributed by atoms with Gasteiger partial charge in [-0.25, -0.2) is 0 Å². The molecule has 57 heavy (non-hydrogen) atoms. The van der Waals surface area contributed by atoms with Crippen molar-refractivity contribution in [2.75, 3.05) is 4.90 Å². The second kappa shape index (κ2) is 12.4. The van der Waals surface area contributed by atoms with Crippen LogP contribution in [-0.2, 0) is 10.8 Å². The Hall–Kier alpha value is -6.70. The van der Waals surface area contributed by atoms with Crippen LogP contribution in [0, 0.1) is 0 Å². The molecule has 0 aromatic heterocycles. The fraction of sp³-hybridized carbons (Fsp3) is 0.107. The Morgan fingerprint density at radius 1 is 0.333 bits per heavy atom. The fourth-order valence-electron chi connectivity index (χ4n) is 10.3. The minimum Gasteiger partial charge on any atom is -0.310 e. The first kappa shape index (κ1) is 33.6. The molecule has 0 unspecified atom stereocenters. The molecule has 0 saturated heterocycles. The van der Waals surface area contributed by atoms with Crippen LogP contribution in [0.4, 0.5) is 17.1 Å². The first-order valence-electron chi connectivity index (χ1n) is 20.2. The number of para-hydroxylation sites is 1. The highest BCUT2D eigenvalue weighted by atomic mass is 15.1. The maximum atomic E-state index is 2.51. The van der Waals surface area contributed by atoms with Crippen LogP contribution in [0.2, 0.25) is 0 Å². The van der Waals surface area contributed by atoms with E-state index in [1.807, 2.05) is 0 Å². The molecule has 1 nitrogen and oxygen atoms in total. The molecule has 0 radical (unpaired) electrons. The largest absolute Gasteiger partial charge is 0.310 e. The van der Waals surface area contributed by atoms with Crippen LogP contribution in [0.1, 0.15) is 49.9 Å². The molecule has 0 aliphatic heterocycles. The van der Waals surface area contributed by atoms with Crippen LogP contribution in [0.15, 0.2) is 188 Å². The topological polar surface area (TPSA) is 3.24 Å². The number of rotatable bonds is 5. The summed E-state index contributed by atoms with van der Waals surface area (Å²) in [5, 5.41) is 5.09. The van der Waals surface area contributed by atoms with E-state index >= 15 is 0 Å². The maximum absolute atomic E-state index is 2.51. The van der Waals surface area contributed by atoms with Gasteiger partial charge in [0.2, 0.25) is 0 Å². The van der Waals surface area contributed by atoms with E-state index in [9.17, 15) is 0 Å². The van der Waals surface area contributed by atoms with Crippen molar-refractivity contribution in [3.05, 3.63) is 210 Å². The Bertz CT molecular complexity index is 3090. The van der Waals surface area contributed by atoms with Crippen LogP contribution in [-0.4, -0.2) is 0 Å². The van der Waals surface area contributed by atoms with Crippen molar-refractivity contribution >= 4 is 38.6 Å². The molecule has 0 bridgehead atoms. The van der Waals surface area contributed by atoms with Crippen molar-refractivity contribution in [1.82, 2.24) is 0 Å². The molecule has 0 saturated carbocycles. The monoisotopic (exact) mass is 729 g/mol. The van der Waals surface area contributed by atoms with Gasteiger partial charge in [0, 0.05) is 27.8 Å². The molecule has 272 valence electrons. The van der Waals surface area contributed by atoms with Gasteiger partial charge in [0.15, 0.2) is 0 Å². The average Bonchev–Trinajstić information content (AvgIpc) is 3.63. The Labute approximate surface area is 335 Å². The molecule has 0 heterocycles. The Morgan fingerprint density at radius 2 is 0.895 bits per heavy atom. The number of nitrogens with zero attached hydrogens (tertiary/aromatic N) is 1. The van der Waals surface area contributed by atoms with E-state index in [2.05, 4.69) is 221 Å². The van der Waals surface area contributed by atoms with Gasteiger partial charge in [0.05, 0.1) is 5.69 Å². The number of benzene rings is 9. The van der Waals surface area contributed by atoms with Gasteiger partial charge < -0.3 is 4.90 Å². The summed E-state index contributed by atoms with van der Waals surface area (Å²) in [6.45, 7) is 9.52. The number of anilines is 3. The minimum absolute atomic E-state index is 0.128. The van der Waals surface area contributed by atoms with Crippen molar-refractivity contribution < 1.29 is 0 Å². The SMILES string of the molecule is CC1(C)c2ccccc2-c2ccc(N(c3cccc(-c4cccc5c4ccc4ccccc45)c3)c3ccccc3-c3cccc4c3C(C)(C)c3ccccc3-4)cc21. The van der Waals surface area contributed by atoms with Gasteiger partial charge in [0.1, 0.15) is 0 Å². The van der Waals surface area contributed by atoms with Crippen molar-refractivity contribution in [3.8, 4) is 44.5 Å². The van der Waals surface area contributed by atoms with E-state index in [1.54, 1.807) is 0 Å². The van der Waals surface area contributed by atoms with Crippen molar-refractivity contribution in [2.45, 2.75) is 38.5 Å². The molecule has 1 heteroatoms. The van der Waals surface area contributed by atoms with Crippen LogP contribution >= 0.6 is 0 Å². The molecule has 0 fully saturated rings. The zero-order valence-corrected chi connectivity index (χ0v) is 32.8. The molecule has 0 spiro atoms. The van der Waals surface area contributed by atoms with E-state index < -0.39 is 0 Å². The fourth-order valence-corrected chi connectivity index (χ4v) is 10.3. The number of hydrogen-bond acceptors (Lipinski definition) is 1. The summed E-state index contributed by atoms with van der Waals surface area (Å²) < 4.78 is 0. The lowest BCUT2D eigenvalue weighted by molar-refractivity contribution is 0.660. The second-order valence-corrected chi connectivity index (χ2v) is 16.9. The molecule has 11 rings (SSSR count). The number of hydrogen-bond donors (Lipinski definition) is 0. The molecule has 0 atom stereocenters. The van der Waals surface area contributed by atoms with Gasteiger partial charge in [-0.05, 0) is 113 Å². The third-order valence-corrected chi connectivity index (χ3v) is 13.0. The van der Waals surface area contributed by atoms with Crippen molar-refractivity contribution in [3.63, 3.8) is 0 Å². The molecule has 9 aromatic carbocycles. The maximum Gasteiger partial charge on any atom is 0.0540 e. The standard InChI is InChI=1S/C56H43N/c1-55(2)50-27-10-7-20-44(50)46-33-31-39(35-52(46)55)57(38-18-13-17-37(34-38)41-23-14-24-42-40-19-6-5-16-36(40)30-32-43(41)42)53-29-12-9-22-47(53)49-26-15-25-48-45-21-8-11-28-51(45)56(3,4)54(48)49/h5-35H,1-4H3. The van der Waals surface area contributed by atoms with Gasteiger partial charge in [-0.2, -0.15) is 0 Å². The van der Waals surface area contributed by atoms with Crippen molar-refractivity contribution in [1.29, 1.82) is 0 Å². The highest BCUT2D eigenvalue weighted by molar-refractivity contribution is 6.12. The molecule has 2 aliphatic carbocycles. The third kappa shape index (κ3) is 4.95. The lowest BCUT2D eigenvalue weighted by Gasteiger charge is -2.31. The Balaban J connectivity index is 1.14. The zero-order valence-electron chi connectivity index (χ0n) is 32.8. The smallest absolute Gasteiger partial charge is 0.0540 e. The number of fused-ring (bicyclic) bond motifs is 9. The van der Waals surface area contributed by atoms with E-state index in [1.165, 1.54) is 88.3 Å². The Kier molecular flexibility index (Phi) is 7.32. The quantitative estimate of drug-likeness (QED) is 0.159. The van der Waals surface area contributed by atoms with Crippen LogP contribution < -0.4 is 4.90 Å². The highest BCUT2D eigenvalue weighted by Crippen LogP contribution is 2.55. The van der Waals surface area contributed by atoms with E-state index in [0.29, 0.717) is 0 Å². The molecular formula is C56H43N. The van der Waals surface area contributed by atoms with Crippen LogP contribution in [0.5, 0.6) is 0 Å². The Morgan fingerprint density at radius 3 is 1.72 bits per heavy atom. The summed E-state index contributed by atoms with van der Waals surface area (Å²) in [7, 11) is 0. The summed E-state index contributed by atoms with van der Waals surface area (Å²) in [6, 6.07) is 70.1. The van der Waals surface area contributed by atoms with Gasteiger partial charge >= 0.3 is 0 Å². The zero-order chi connectivity index (χ0) is 38.5. The summed E-state index contributed by atoms with van der Waals surface area (Å²) in [5.74, 6) is 0. The van der Waals surface area contributed by atoms with E-state index in [-0.39, 0.29) is 10.8 Å². The van der Waals surface area contributed by atoms with E-state index in [0.717, 1.165) is 17.1 Å². The van der Waals surface area contributed by atoms with Crippen molar-refractivity contribution in [2.24, 2.45) is 0 Å². The first-order valence-corrected chi connectivity index (χ1v) is 20.2. The highest BCUT2D eigenvalue weighted by Gasteiger charge is 2.39. The van der Waals surface area contributed by atoms with Gasteiger partial charge in [-0.15, -0.1) is 0 Å². The predicted molar refractivity (Wildman–Crippen MR) is 242 cm³/mol. The second-order valence-electron chi connectivity index (χ2n) is 16.9. The lowest BCUT2D eigenvalue weighted by atomic mass is 9.78. The van der Waals surface area contributed by atoms with Crippen LogP contribution in [0.25, 0.3) is 66.1 Å². The summed E-state index contributed by atoms with van der Waals surface area (Å²) in [5.41, 5.74) is 18.9. The summed E-state index contributed by atoms with van der Waals surface area (Å²) in [4.78, 5) is 2.51. The molecule has 0 N–H and O–H groups in total. The summed E-state index contributed by atoms with van der Waals surface area (Å²) >= 11 is 0. The third-order valence-electron chi connectivity index (χ3n) is 13.0. The molecule has 0 amide bonds. The molecular weight excluding hydrogens is 687 g/mol. The molecule has 2 aliphatic rings. The normalized spacial score (nSPS) is 14.2. The van der Waals surface area contributed by atoms with E-state index in [4.69, 9.17) is 0 Å². The lowest BCUT2D eigenvalue weighted by Crippen LogP contribution is -2.18. The van der Waals surface area contributed by atoms with Gasteiger partial charge in [-0.3, -0.25) is 0 Å². The molecule has 9 aromatic rings. The summed E-state index contributed by atoms with van der Waals surface area (Å²) in [6.07, 6.45) is 0. The van der Waals surface area contributed by atoms with Crippen LogP contribution in [0.3, 0.4) is 0 Å². The first-order chi connectivity index (χ1) is 27.8. The predicted octanol–water partition coefficient (Wildman–Crippen LogP) is 15.4. The van der Waals surface area contributed by atoms with Gasteiger partial charge in [0.25, 0.3) is 0 Å². The average molecular weight is 730 g/mol. The van der Waals surface area contributed by atoms with Gasteiger partial charge in [-0.1, -0.05) is 185 Å². The minimum atomic E-state index is -0.151.